The molecule has 0 fully saturated rings. The van der Waals surface area contributed by atoms with E-state index in [1.807, 2.05) is 0 Å². The molecule has 0 rings (SSSR count). The van der Waals surface area contributed by atoms with Crippen LogP contribution in [-0.4, -0.2) is 43.9 Å². The third-order valence-corrected chi connectivity index (χ3v) is 4.79. The summed E-state index contributed by atoms with van der Waals surface area (Å²) in [4.78, 5) is 0. The van der Waals surface area contributed by atoms with Crippen LogP contribution in [0.3, 0.4) is 0 Å². The molecule has 0 N–H and O–H groups in total. The standard InChI is InChI=1S/C17H33Cl3O3/c1-4-5-6-7-8-11-16(23-14-13-22-3)15(17(18,19)20)10-9-12-21-2/h15-16H,4-14H2,1-3H3. The molecule has 140 valence electrons. The van der Waals surface area contributed by atoms with Crippen molar-refractivity contribution < 1.29 is 14.2 Å². The molecule has 0 aromatic rings. The minimum absolute atomic E-state index is 0.0591. The van der Waals surface area contributed by atoms with Gasteiger partial charge in [-0.3, -0.25) is 0 Å². The fraction of sp³-hybridized carbons (Fsp3) is 1.00. The van der Waals surface area contributed by atoms with Crippen molar-refractivity contribution in [1.82, 2.24) is 0 Å². The summed E-state index contributed by atoms with van der Waals surface area (Å²) in [5, 5.41) is 0. The lowest BCUT2D eigenvalue weighted by atomic mass is 9.93. The monoisotopic (exact) mass is 390 g/mol. The summed E-state index contributed by atoms with van der Waals surface area (Å²) in [6, 6.07) is 0. The molecule has 0 aliphatic rings. The highest BCUT2D eigenvalue weighted by molar-refractivity contribution is 6.67. The second-order valence-corrected chi connectivity index (χ2v) is 8.26. The van der Waals surface area contributed by atoms with Crippen LogP contribution in [0.1, 0.15) is 58.3 Å². The lowest BCUT2D eigenvalue weighted by Crippen LogP contribution is -2.35. The van der Waals surface area contributed by atoms with Gasteiger partial charge in [-0.25, -0.2) is 0 Å². The molecule has 0 heterocycles. The fourth-order valence-electron chi connectivity index (χ4n) is 2.64. The highest BCUT2D eigenvalue weighted by Crippen LogP contribution is 2.41. The third-order valence-electron chi connectivity index (χ3n) is 3.94. The molecular weight excluding hydrogens is 359 g/mol. The Bertz CT molecular complexity index is 260. The van der Waals surface area contributed by atoms with E-state index in [0.29, 0.717) is 19.8 Å². The van der Waals surface area contributed by atoms with Crippen molar-refractivity contribution in [2.75, 3.05) is 34.0 Å². The van der Waals surface area contributed by atoms with Gasteiger partial charge in [-0.15, -0.1) is 0 Å². The van der Waals surface area contributed by atoms with Crippen LogP contribution < -0.4 is 0 Å². The van der Waals surface area contributed by atoms with Crippen LogP contribution in [-0.2, 0) is 14.2 Å². The molecule has 0 amide bonds. The van der Waals surface area contributed by atoms with Gasteiger partial charge in [-0.2, -0.15) is 0 Å². The van der Waals surface area contributed by atoms with Crippen LogP contribution in [0.4, 0.5) is 0 Å². The van der Waals surface area contributed by atoms with E-state index < -0.39 is 3.79 Å². The van der Waals surface area contributed by atoms with E-state index in [0.717, 1.165) is 25.7 Å². The quantitative estimate of drug-likeness (QED) is 0.261. The summed E-state index contributed by atoms with van der Waals surface area (Å²) < 4.78 is 14.9. The number of ether oxygens (including phenoxy) is 3. The van der Waals surface area contributed by atoms with Gasteiger partial charge in [0.2, 0.25) is 0 Å². The molecule has 2 unspecified atom stereocenters. The van der Waals surface area contributed by atoms with E-state index in [4.69, 9.17) is 49.0 Å². The predicted octanol–water partition coefficient (Wildman–Crippen LogP) is 5.79. The highest BCUT2D eigenvalue weighted by atomic mass is 35.6. The van der Waals surface area contributed by atoms with Gasteiger partial charge in [0.25, 0.3) is 0 Å². The number of halogens is 3. The van der Waals surface area contributed by atoms with Gasteiger partial charge < -0.3 is 14.2 Å². The van der Waals surface area contributed by atoms with Crippen LogP contribution >= 0.6 is 34.8 Å². The Kier molecular flexibility index (Phi) is 15.5. The maximum absolute atomic E-state index is 6.23. The minimum Gasteiger partial charge on any atom is -0.385 e. The zero-order chi connectivity index (χ0) is 17.6. The van der Waals surface area contributed by atoms with Gasteiger partial charge in [-0.05, 0) is 19.3 Å². The molecule has 0 aliphatic carbocycles. The topological polar surface area (TPSA) is 27.7 Å². The molecule has 0 aromatic carbocycles. The summed E-state index contributed by atoms with van der Waals surface area (Å²) in [6.07, 6.45) is 8.55. The van der Waals surface area contributed by atoms with Crippen LogP contribution in [0.15, 0.2) is 0 Å². The lowest BCUT2D eigenvalue weighted by Gasteiger charge is -2.32. The summed E-state index contributed by atoms with van der Waals surface area (Å²) in [7, 11) is 3.35. The van der Waals surface area contributed by atoms with Gasteiger partial charge >= 0.3 is 0 Å². The van der Waals surface area contributed by atoms with Crippen LogP contribution in [0.2, 0.25) is 0 Å². The Hall–Kier alpha value is 0.750. The maximum atomic E-state index is 6.23. The normalized spacial score (nSPS) is 14.9. The van der Waals surface area contributed by atoms with Gasteiger partial charge in [0.15, 0.2) is 3.79 Å². The molecule has 0 spiro atoms. The van der Waals surface area contributed by atoms with Crippen LogP contribution in [0, 0.1) is 5.92 Å². The van der Waals surface area contributed by atoms with Crippen molar-refractivity contribution in [3.05, 3.63) is 0 Å². The Balaban J connectivity index is 4.57. The predicted molar refractivity (Wildman–Crippen MR) is 99.9 cm³/mol. The van der Waals surface area contributed by atoms with Gasteiger partial charge in [0, 0.05) is 26.7 Å². The van der Waals surface area contributed by atoms with E-state index in [1.165, 1.54) is 25.7 Å². The van der Waals surface area contributed by atoms with E-state index in [-0.39, 0.29) is 12.0 Å². The number of unbranched alkanes of at least 4 members (excludes halogenated alkanes) is 4. The third kappa shape index (κ3) is 12.7. The lowest BCUT2D eigenvalue weighted by molar-refractivity contribution is -0.0213. The molecule has 23 heavy (non-hydrogen) atoms. The first-order valence-electron chi connectivity index (χ1n) is 8.63. The molecule has 0 saturated carbocycles. The van der Waals surface area contributed by atoms with Crippen molar-refractivity contribution in [3.63, 3.8) is 0 Å². The SMILES string of the molecule is CCCCCCCC(OCCOC)C(CCCOC)C(Cl)(Cl)Cl. The number of rotatable bonds is 15. The number of alkyl halides is 3. The fourth-order valence-corrected chi connectivity index (χ4v) is 3.39. The first-order chi connectivity index (χ1) is 11.0. The van der Waals surface area contributed by atoms with Gasteiger partial charge in [0.05, 0.1) is 19.3 Å². The Morgan fingerprint density at radius 3 is 2.00 bits per heavy atom. The Morgan fingerprint density at radius 1 is 0.783 bits per heavy atom. The van der Waals surface area contributed by atoms with E-state index in [2.05, 4.69) is 6.92 Å². The average Bonchev–Trinajstić information content (AvgIpc) is 2.49. The van der Waals surface area contributed by atoms with Crippen molar-refractivity contribution >= 4 is 34.8 Å². The second-order valence-electron chi connectivity index (χ2n) is 5.89. The second kappa shape index (κ2) is 15.0. The van der Waals surface area contributed by atoms with Crippen molar-refractivity contribution in [3.8, 4) is 0 Å². The number of hydrogen-bond acceptors (Lipinski definition) is 3. The Morgan fingerprint density at radius 2 is 1.43 bits per heavy atom. The van der Waals surface area contributed by atoms with Crippen molar-refractivity contribution in [1.29, 1.82) is 0 Å². The molecule has 6 heteroatoms. The molecular formula is C17H33Cl3O3. The molecule has 0 radical (unpaired) electrons. The van der Waals surface area contributed by atoms with E-state index in [9.17, 15) is 0 Å². The van der Waals surface area contributed by atoms with E-state index >= 15 is 0 Å². The molecule has 0 aromatic heterocycles. The Labute approximate surface area is 157 Å². The molecule has 0 aliphatic heterocycles. The summed E-state index contributed by atoms with van der Waals surface area (Å²) >= 11 is 18.7. The first-order valence-corrected chi connectivity index (χ1v) is 9.76. The van der Waals surface area contributed by atoms with Gasteiger partial charge in [-0.1, -0.05) is 73.8 Å². The van der Waals surface area contributed by atoms with Crippen LogP contribution in [0.25, 0.3) is 0 Å². The molecule has 0 bridgehead atoms. The largest absolute Gasteiger partial charge is 0.385 e. The molecule has 2 atom stereocenters. The summed E-state index contributed by atoms with van der Waals surface area (Å²) in [5.74, 6) is -0.134. The zero-order valence-electron chi connectivity index (χ0n) is 14.8. The average molecular weight is 392 g/mol. The highest BCUT2D eigenvalue weighted by Gasteiger charge is 2.38. The summed E-state index contributed by atoms with van der Waals surface area (Å²) in [6.45, 7) is 3.96. The zero-order valence-corrected chi connectivity index (χ0v) is 17.1. The first kappa shape index (κ1) is 23.8. The number of hydrogen-bond donors (Lipinski definition) is 0. The van der Waals surface area contributed by atoms with E-state index in [1.54, 1.807) is 14.2 Å². The molecule has 3 nitrogen and oxygen atoms in total. The minimum atomic E-state index is -1.32. The number of methoxy groups -OCH3 is 2. The van der Waals surface area contributed by atoms with Crippen LogP contribution in [0.5, 0.6) is 0 Å². The summed E-state index contributed by atoms with van der Waals surface area (Å²) in [5.41, 5.74) is 0. The van der Waals surface area contributed by atoms with Crippen molar-refractivity contribution in [2.45, 2.75) is 68.2 Å². The molecule has 0 saturated heterocycles. The van der Waals surface area contributed by atoms with Gasteiger partial charge in [0.1, 0.15) is 0 Å². The van der Waals surface area contributed by atoms with Crippen molar-refractivity contribution in [2.24, 2.45) is 5.92 Å². The maximum Gasteiger partial charge on any atom is 0.195 e. The smallest absolute Gasteiger partial charge is 0.195 e.